The van der Waals surface area contributed by atoms with Crippen LogP contribution in [0.1, 0.15) is 23.1 Å². The first-order valence-corrected chi connectivity index (χ1v) is 11.2. The standard InChI is InChI=1S/C21H18Cl2F6N2O2S/c1-11-4-12(2-3-17(11)34-9-18(32)31-10-20(24,25)26)16(30)8-19(33,21(27,28)29)13-5-14(22)7-15(23)6-13/h2-7,30,33H,8-10H2,1H3,(H,31,32). The van der Waals surface area contributed by atoms with Gasteiger partial charge in [0.15, 0.2) is 5.60 Å². The van der Waals surface area contributed by atoms with E-state index in [0.29, 0.717) is 10.5 Å². The van der Waals surface area contributed by atoms with E-state index in [1.807, 2.05) is 0 Å². The zero-order chi connectivity index (χ0) is 25.9. The summed E-state index contributed by atoms with van der Waals surface area (Å²) in [6.07, 6.45) is -10.8. The van der Waals surface area contributed by atoms with Gasteiger partial charge in [0.2, 0.25) is 5.91 Å². The quantitative estimate of drug-likeness (QED) is 0.207. The molecule has 2 aromatic rings. The Bertz CT molecular complexity index is 1060. The Labute approximate surface area is 205 Å². The lowest BCUT2D eigenvalue weighted by Crippen LogP contribution is -2.44. The van der Waals surface area contributed by atoms with Crippen molar-refractivity contribution in [3.63, 3.8) is 0 Å². The smallest absolute Gasteiger partial charge is 0.376 e. The van der Waals surface area contributed by atoms with Crippen LogP contribution >= 0.6 is 35.0 Å². The molecule has 3 N–H and O–H groups in total. The third-order valence-electron chi connectivity index (χ3n) is 4.61. The second kappa shape index (κ2) is 10.8. The van der Waals surface area contributed by atoms with Crippen LogP contribution in [-0.4, -0.2) is 41.4 Å². The Kier molecular flexibility index (Phi) is 8.95. The number of amides is 1. The minimum Gasteiger partial charge on any atom is -0.376 e. The highest BCUT2D eigenvalue weighted by molar-refractivity contribution is 8.00. The summed E-state index contributed by atoms with van der Waals surface area (Å²) < 4.78 is 78.0. The highest BCUT2D eigenvalue weighted by Gasteiger charge is 2.55. The van der Waals surface area contributed by atoms with Gasteiger partial charge >= 0.3 is 12.4 Å². The molecule has 0 saturated heterocycles. The van der Waals surface area contributed by atoms with Gasteiger partial charge in [0.25, 0.3) is 0 Å². The molecule has 34 heavy (non-hydrogen) atoms. The Hall–Kier alpha value is -1.95. The molecule has 0 aliphatic rings. The fourth-order valence-electron chi connectivity index (χ4n) is 2.91. The van der Waals surface area contributed by atoms with Crippen molar-refractivity contribution in [2.24, 2.45) is 0 Å². The van der Waals surface area contributed by atoms with Crippen molar-refractivity contribution in [1.82, 2.24) is 5.32 Å². The van der Waals surface area contributed by atoms with Gasteiger partial charge in [0, 0.05) is 27.1 Å². The van der Waals surface area contributed by atoms with Gasteiger partial charge in [-0.3, -0.25) is 4.79 Å². The first kappa shape index (κ1) is 28.3. The summed E-state index contributed by atoms with van der Waals surface area (Å²) in [4.78, 5) is 12.1. The van der Waals surface area contributed by atoms with Crippen LogP contribution in [0.2, 0.25) is 10.0 Å². The number of benzene rings is 2. The number of carbonyl (C=O) groups excluding carboxylic acids is 1. The van der Waals surface area contributed by atoms with Crippen LogP contribution in [0.15, 0.2) is 41.3 Å². The van der Waals surface area contributed by atoms with Gasteiger partial charge in [-0.2, -0.15) is 26.3 Å². The summed E-state index contributed by atoms with van der Waals surface area (Å²) in [5, 5.41) is 20.2. The molecular formula is C21H18Cl2F6N2O2S. The van der Waals surface area contributed by atoms with Gasteiger partial charge in [-0.25, -0.2) is 0 Å². The monoisotopic (exact) mass is 546 g/mol. The van der Waals surface area contributed by atoms with Crippen LogP contribution in [0.4, 0.5) is 26.3 Å². The van der Waals surface area contributed by atoms with Crippen LogP contribution in [-0.2, 0) is 10.4 Å². The molecule has 0 bridgehead atoms. The van der Waals surface area contributed by atoms with Crippen LogP contribution in [0.5, 0.6) is 0 Å². The van der Waals surface area contributed by atoms with Gasteiger partial charge in [0.05, 0.1) is 5.75 Å². The number of hydrogen-bond donors (Lipinski definition) is 3. The lowest BCUT2D eigenvalue weighted by Gasteiger charge is -2.31. The molecule has 1 atom stereocenters. The Morgan fingerprint density at radius 3 is 2.15 bits per heavy atom. The largest absolute Gasteiger partial charge is 0.421 e. The second-order valence-corrected chi connectivity index (χ2v) is 9.22. The fraction of sp³-hybridized carbons (Fsp3) is 0.333. The number of halogens is 8. The topological polar surface area (TPSA) is 73.2 Å². The maximum absolute atomic E-state index is 13.8. The number of carbonyl (C=O) groups is 1. The van der Waals surface area contributed by atoms with Gasteiger partial charge in [-0.05, 0) is 53.9 Å². The van der Waals surface area contributed by atoms with E-state index in [1.165, 1.54) is 24.3 Å². The van der Waals surface area contributed by atoms with Crippen molar-refractivity contribution in [3.05, 3.63) is 63.1 Å². The molecular weight excluding hydrogens is 529 g/mol. The zero-order valence-corrected chi connectivity index (χ0v) is 19.7. The second-order valence-electron chi connectivity index (χ2n) is 7.33. The Morgan fingerprint density at radius 1 is 1.06 bits per heavy atom. The van der Waals surface area contributed by atoms with Gasteiger partial charge < -0.3 is 15.8 Å². The molecule has 13 heteroatoms. The number of aryl methyl sites for hydroxylation is 1. The third-order valence-corrected chi connectivity index (χ3v) is 6.22. The molecule has 2 rings (SSSR count). The van der Waals surface area contributed by atoms with Gasteiger partial charge in [-0.15, -0.1) is 11.8 Å². The van der Waals surface area contributed by atoms with E-state index in [0.717, 1.165) is 23.9 Å². The molecule has 2 aromatic carbocycles. The van der Waals surface area contributed by atoms with Crippen molar-refractivity contribution in [2.45, 2.75) is 36.2 Å². The molecule has 1 amide bonds. The average molecular weight is 547 g/mol. The molecule has 0 aliphatic carbocycles. The number of hydrogen-bond acceptors (Lipinski definition) is 4. The van der Waals surface area contributed by atoms with Crippen molar-refractivity contribution in [1.29, 1.82) is 5.41 Å². The van der Waals surface area contributed by atoms with Crippen molar-refractivity contribution in [3.8, 4) is 0 Å². The maximum atomic E-state index is 13.8. The van der Waals surface area contributed by atoms with Crippen LogP contribution in [0, 0.1) is 12.3 Å². The predicted molar refractivity (Wildman–Crippen MR) is 119 cm³/mol. The normalized spacial score (nSPS) is 13.9. The number of alkyl halides is 6. The third kappa shape index (κ3) is 7.53. The van der Waals surface area contributed by atoms with E-state index in [9.17, 15) is 36.2 Å². The zero-order valence-electron chi connectivity index (χ0n) is 17.4. The minimum absolute atomic E-state index is 0.0826. The molecule has 4 nitrogen and oxygen atoms in total. The van der Waals surface area contributed by atoms with E-state index in [4.69, 9.17) is 28.6 Å². The fourth-order valence-corrected chi connectivity index (χ4v) is 4.27. The molecule has 0 fully saturated rings. The van der Waals surface area contributed by atoms with E-state index < -0.39 is 48.1 Å². The van der Waals surface area contributed by atoms with E-state index in [1.54, 1.807) is 12.2 Å². The summed E-state index contributed by atoms with van der Waals surface area (Å²) in [6, 6.07) is 7.20. The summed E-state index contributed by atoms with van der Waals surface area (Å²) in [7, 11) is 0. The lowest BCUT2D eigenvalue weighted by atomic mass is 9.85. The van der Waals surface area contributed by atoms with Crippen molar-refractivity contribution >= 4 is 46.6 Å². The molecule has 0 aromatic heterocycles. The van der Waals surface area contributed by atoms with Crippen molar-refractivity contribution < 1.29 is 36.2 Å². The number of aliphatic hydroxyl groups is 1. The first-order valence-electron chi connectivity index (χ1n) is 9.42. The van der Waals surface area contributed by atoms with Crippen molar-refractivity contribution in [2.75, 3.05) is 12.3 Å². The Morgan fingerprint density at radius 2 is 1.65 bits per heavy atom. The Balaban J connectivity index is 2.18. The van der Waals surface area contributed by atoms with Crippen LogP contribution < -0.4 is 5.32 Å². The molecule has 0 saturated carbocycles. The summed E-state index contributed by atoms with van der Waals surface area (Å²) >= 11 is 12.5. The van der Waals surface area contributed by atoms with E-state index in [-0.39, 0.29) is 21.4 Å². The highest BCUT2D eigenvalue weighted by atomic mass is 35.5. The summed E-state index contributed by atoms with van der Waals surface area (Å²) in [6.45, 7) is 0.112. The molecule has 0 radical (unpaired) electrons. The number of thioether (sulfide) groups is 1. The summed E-state index contributed by atoms with van der Waals surface area (Å²) in [5.74, 6) is -1.15. The van der Waals surface area contributed by atoms with Gasteiger partial charge in [-0.1, -0.05) is 29.3 Å². The molecule has 186 valence electrons. The first-order chi connectivity index (χ1) is 15.5. The molecule has 0 aliphatic heterocycles. The molecule has 0 heterocycles. The van der Waals surface area contributed by atoms with Gasteiger partial charge in [0.1, 0.15) is 6.54 Å². The van der Waals surface area contributed by atoms with Crippen LogP contribution in [0.25, 0.3) is 0 Å². The number of rotatable bonds is 8. The number of nitrogens with one attached hydrogen (secondary N) is 2. The average Bonchev–Trinajstić information content (AvgIpc) is 2.69. The SMILES string of the molecule is Cc1cc(C(=N)CC(O)(c2cc(Cl)cc(Cl)c2)C(F)(F)F)ccc1SCC(=O)NCC(F)(F)F. The minimum atomic E-state index is -5.15. The highest BCUT2D eigenvalue weighted by Crippen LogP contribution is 2.44. The van der Waals surface area contributed by atoms with E-state index >= 15 is 0 Å². The molecule has 1 unspecified atom stereocenters. The maximum Gasteiger partial charge on any atom is 0.421 e. The lowest BCUT2D eigenvalue weighted by molar-refractivity contribution is -0.263. The van der Waals surface area contributed by atoms with Crippen LogP contribution in [0.3, 0.4) is 0 Å². The summed E-state index contributed by atoms with van der Waals surface area (Å²) in [5.41, 5.74) is -4.01. The predicted octanol–water partition coefficient (Wildman–Crippen LogP) is 6.28. The van der Waals surface area contributed by atoms with E-state index in [2.05, 4.69) is 0 Å². The molecule has 0 spiro atoms.